The molecule has 1 saturated heterocycles. The van der Waals surface area contributed by atoms with Crippen LogP contribution in [0.2, 0.25) is 0 Å². The topological polar surface area (TPSA) is 111 Å². The van der Waals surface area contributed by atoms with Gasteiger partial charge in [0, 0.05) is 35.6 Å². The van der Waals surface area contributed by atoms with Gasteiger partial charge in [0.1, 0.15) is 11.9 Å². The molecule has 0 spiro atoms. The van der Waals surface area contributed by atoms with Gasteiger partial charge >= 0.3 is 0 Å². The molecule has 32 heavy (non-hydrogen) atoms. The van der Waals surface area contributed by atoms with Crippen molar-refractivity contribution in [2.45, 2.75) is 52.5 Å². The number of nitrogens with one attached hydrogen (secondary N) is 3. The summed E-state index contributed by atoms with van der Waals surface area (Å²) in [6, 6.07) is 12.5. The predicted octanol–water partition coefficient (Wildman–Crippen LogP) is 4.26. The monoisotopic (exact) mass is 435 g/mol. The highest BCUT2D eigenvalue weighted by Gasteiger charge is 2.23. The van der Waals surface area contributed by atoms with Gasteiger partial charge in [-0.3, -0.25) is 15.0 Å². The molecular weight excluding hydrogens is 402 g/mol. The van der Waals surface area contributed by atoms with Crippen LogP contribution < -0.4 is 21.3 Å². The second kappa shape index (κ2) is 10.3. The van der Waals surface area contributed by atoms with Gasteiger partial charge in [0.2, 0.25) is 11.8 Å². The first kappa shape index (κ1) is 23.3. The number of nitrogens with two attached hydrogens (primary N) is 1. The average molecular weight is 436 g/mol. The number of piperidine rings is 1. The van der Waals surface area contributed by atoms with E-state index < -0.39 is 6.04 Å². The number of amidine groups is 1. The van der Waals surface area contributed by atoms with E-state index in [1.165, 1.54) is 0 Å². The van der Waals surface area contributed by atoms with Crippen LogP contribution in [0.1, 0.15) is 50.7 Å². The van der Waals surface area contributed by atoms with Crippen molar-refractivity contribution in [3.8, 4) is 0 Å². The number of anilines is 3. The van der Waals surface area contributed by atoms with Crippen LogP contribution in [-0.2, 0) is 9.59 Å². The molecular formula is C25H33N5O2. The van der Waals surface area contributed by atoms with Crippen molar-refractivity contribution in [2.75, 3.05) is 22.1 Å². The van der Waals surface area contributed by atoms with Gasteiger partial charge in [0.05, 0.1) is 0 Å². The molecule has 5 N–H and O–H groups in total. The number of nitrogen functional groups attached to an aromatic ring is 1. The standard InChI is InChI=1S/C25H33N5O2/c1-16(2)13-21(28-19-8-6-7-18(15-19)24(26)27)25(32)29-20-10-11-22(17(3)14-20)30-12-5-4-9-23(30)31/h6-8,10-11,14-16,21,28H,4-5,9,12-13H2,1-3H3,(H3,26,27)(H,29,32)/t21-/m1/s1. The van der Waals surface area contributed by atoms with E-state index in [9.17, 15) is 9.59 Å². The smallest absolute Gasteiger partial charge is 0.246 e. The number of amides is 2. The Morgan fingerprint density at radius 2 is 1.94 bits per heavy atom. The number of carbonyl (C=O) groups excluding carboxylic acids is 2. The minimum atomic E-state index is -0.444. The predicted molar refractivity (Wildman–Crippen MR) is 130 cm³/mol. The molecule has 7 nitrogen and oxygen atoms in total. The molecule has 0 saturated carbocycles. The first-order chi connectivity index (χ1) is 15.2. The molecule has 1 aliphatic rings. The third kappa shape index (κ3) is 5.87. The van der Waals surface area contributed by atoms with E-state index in [1.54, 1.807) is 12.1 Å². The van der Waals surface area contributed by atoms with Crippen LogP contribution in [0.15, 0.2) is 42.5 Å². The van der Waals surface area contributed by atoms with E-state index in [1.807, 2.05) is 42.2 Å². The average Bonchev–Trinajstić information content (AvgIpc) is 2.74. The zero-order chi connectivity index (χ0) is 23.3. The Morgan fingerprint density at radius 3 is 2.59 bits per heavy atom. The van der Waals surface area contributed by atoms with Crippen LogP contribution in [-0.4, -0.2) is 30.2 Å². The second-order valence-electron chi connectivity index (χ2n) is 8.81. The fourth-order valence-corrected chi connectivity index (χ4v) is 4.01. The van der Waals surface area contributed by atoms with Crippen LogP contribution >= 0.6 is 0 Å². The number of carbonyl (C=O) groups is 2. The molecule has 3 rings (SSSR count). The summed E-state index contributed by atoms with van der Waals surface area (Å²) in [6.07, 6.45) is 3.19. The van der Waals surface area contributed by atoms with Gasteiger partial charge in [-0.05, 0) is 68.0 Å². The van der Waals surface area contributed by atoms with Gasteiger partial charge in [-0.1, -0.05) is 26.0 Å². The molecule has 7 heteroatoms. The first-order valence-electron chi connectivity index (χ1n) is 11.2. The van der Waals surface area contributed by atoms with Crippen LogP contribution in [0.3, 0.4) is 0 Å². The van der Waals surface area contributed by atoms with Gasteiger partial charge in [-0.15, -0.1) is 0 Å². The lowest BCUT2D eigenvalue weighted by Gasteiger charge is -2.28. The Bertz CT molecular complexity index is 1000. The summed E-state index contributed by atoms with van der Waals surface area (Å²) in [5.41, 5.74) is 9.52. The summed E-state index contributed by atoms with van der Waals surface area (Å²) in [6.45, 7) is 6.85. The lowest BCUT2D eigenvalue weighted by Crippen LogP contribution is -2.36. The number of rotatable bonds is 8. The largest absolute Gasteiger partial charge is 0.384 e. The summed E-state index contributed by atoms with van der Waals surface area (Å²) >= 11 is 0. The maximum Gasteiger partial charge on any atom is 0.246 e. The number of benzene rings is 2. The summed E-state index contributed by atoms with van der Waals surface area (Å²) in [5, 5.41) is 13.9. The van der Waals surface area contributed by atoms with Crippen molar-refractivity contribution in [1.29, 1.82) is 5.41 Å². The quantitative estimate of drug-likeness (QED) is 0.367. The van der Waals surface area contributed by atoms with Crippen molar-refractivity contribution in [1.82, 2.24) is 0 Å². The van der Waals surface area contributed by atoms with Crippen molar-refractivity contribution >= 4 is 34.7 Å². The Labute approximate surface area is 189 Å². The summed E-state index contributed by atoms with van der Waals surface area (Å²) in [7, 11) is 0. The van der Waals surface area contributed by atoms with Crippen molar-refractivity contribution in [3.05, 3.63) is 53.6 Å². The van der Waals surface area contributed by atoms with Gasteiger partial charge in [-0.2, -0.15) is 0 Å². The second-order valence-corrected chi connectivity index (χ2v) is 8.81. The molecule has 1 heterocycles. The van der Waals surface area contributed by atoms with Crippen molar-refractivity contribution in [3.63, 3.8) is 0 Å². The maximum atomic E-state index is 13.1. The third-order valence-corrected chi connectivity index (χ3v) is 5.62. The zero-order valence-electron chi connectivity index (χ0n) is 19.1. The Kier molecular flexibility index (Phi) is 7.51. The van der Waals surface area contributed by atoms with E-state index in [-0.39, 0.29) is 17.6 Å². The van der Waals surface area contributed by atoms with E-state index in [4.69, 9.17) is 11.1 Å². The maximum absolute atomic E-state index is 13.1. The Balaban J connectivity index is 1.74. The van der Waals surface area contributed by atoms with Gasteiger partial charge in [0.25, 0.3) is 0 Å². The number of nitrogens with zero attached hydrogens (tertiary/aromatic N) is 1. The number of hydrogen-bond acceptors (Lipinski definition) is 4. The Morgan fingerprint density at radius 1 is 1.16 bits per heavy atom. The van der Waals surface area contributed by atoms with E-state index in [0.29, 0.717) is 30.0 Å². The van der Waals surface area contributed by atoms with Crippen LogP contribution in [0.25, 0.3) is 0 Å². The molecule has 0 bridgehead atoms. The molecule has 0 aliphatic carbocycles. The van der Waals surface area contributed by atoms with E-state index in [0.717, 1.165) is 36.3 Å². The van der Waals surface area contributed by atoms with E-state index in [2.05, 4.69) is 24.5 Å². The first-order valence-corrected chi connectivity index (χ1v) is 11.2. The van der Waals surface area contributed by atoms with E-state index >= 15 is 0 Å². The van der Waals surface area contributed by atoms with Crippen molar-refractivity contribution in [2.24, 2.45) is 11.7 Å². The van der Waals surface area contributed by atoms with Crippen LogP contribution in [0.4, 0.5) is 17.1 Å². The molecule has 0 aromatic heterocycles. The highest BCUT2D eigenvalue weighted by atomic mass is 16.2. The zero-order valence-corrected chi connectivity index (χ0v) is 19.1. The highest BCUT2D eigenvalue weighted by molar-refractivity contribution is 5.99. The molecule has 0 unspecified atom stereocenters. The van der Waals surface area contributed by atoms with Crippen LogP contribution in [0, 0.1) is 18.3 Å². The molecule has 2 amide bonds. The fraction of sp³-hybridized carbons (Fsp3) is 0.400. The summed E-state index contributed by atoms with van der Waals surface area (Å²) in [4.78, 5) is 27.2. The minimum absolute atomic E-state index is 0.0127. The lowest BCUT2D eigenvalue weighted by atomic mass is 10.0. The SMILES string of the molecule is Cc1cc(NC(=O)[C@@H](CC(C)C)Nc2cccc(C(=N)N)c2)ccc1N1CCCCC1=O. The van der Waals surface area contributed by atoms with Crippen LogP contribution in [0.5, 0.6) is 0 Å². The molecule has 1 atom stereocenters. The molecule has 0 radical (unpaired) electrons. The highest BCUT2D eigenvalue weighted by Crippen LogP contribution is 2.27. The van der Waals surface area contributed by atoms with Gasteiger partial charge in [0.15, 0.2) is 0 Å². The third-order valence-electron chi connectivity index (χ3n) is 5.62. The minimum Gasteiger partial charge on any atom is -0.384 e. The summed E-state index contributed by atoms with van der Waals surface area (Å²) in [5.74, 6) is 0.322. The van der Waals surface area contributed by atoms with Crippen molar-refractivity contribution < 1.29 is 9.59 Å². The number of aryl methyl sites for hydroxylation is 1. The molecule has 170 valence electrons. The molecule has 1 aliphatic heterocycles. The fourth-order valence-electron chi connectivity index (χ4n) is 4.01. The number of hydrogen-bond donors (Lipinski definition) is 4. The van der Waals surface area contributed by atoms with Gasteiger partial charge < -0.3 is 21.3 Å². The summed E-state index contributed by atoms with van der Waals surface area (Å²) < 4.78 is 0. The normalized spacial score (nSPS) is 14.9. The molecule has 2 aromatic rings. The lowest BCUT2D eigenvalue weighted by molar-refractivity contribution is -0.119. The Hall–Kier alpha value is -3.35. The van der Waals surface area contributed by atoms with Gasteiger partial charge in [-0.25, -0.2) is 0 Å². The molecule has 2 aromatic carbocycles. The molecule has 1 fully saturated rings.